The van der Waals surface area contributed by atoms with Crippen LogP contribution in [0.1, 0.15) is 6.92 Å². The van der Waals surface area contributed by atoms with E-state index in [0.29, 0.717) is 0 Å². The fourth-order valence-electron chi connectivity index (χ4n) is 0.598. The molecule has 2 nitrogen and oxygen atoms in total. The molecule has 0 radical (unpaired) electrons. The number of likely N-dealkylation sites (N-methyl/N-ethyl adjacent to an activating group) is 1. The molecular formula is C5H10INO. The predicted molar refractivity (Wildman–Crippen MR) is 27.7 cm³/mol. The van der Waals surface area contributed by atoms with Crippen molar-refractivity contribution in [3.63, 3.8) is 0 Å². The Hall–Kier alpha value is 0.200. The average molecular weight is 227 g/mol. The van der Waals surface area contributed by atoms with Gasteiger partial charge in [0.15, 0.2) is 13.2 Å². The molecule has 0 aromatic rings. The van der Waals surface area contributed by atoms with Crippen molar-refractivity contribution in [2.45, 2.75) is 6.92 Å². The molecule has 0 amide bonds. The Kier molecular flexibility index (Phi) is 3.35. The molecule has 1 aliphatic rings. The van der Waals surface area contributed by atoms with Gasteiger partial charge in [-0.1, -0.05) is 0 Å². The second-order valence-corrected chi connectivity index (χ2v) is 1.79. The molecule has 8 heavy (non-hydrogen) atoms. The van der Waals surface area contributed by atoms with E-state index < -0.39 is 0 Å². The molecule has 0 aromatic carbocycles. The molecule has 0 aromatic heterocycles. The van der Waals surface area contributed by atoms with Crippen molar-refractivity contribution in [1.29, 1.82) is 0 Å². The molecule has 3 heteroatoms. The van der Waals surface area contributed by atoms with E-state index in [9.17, 15) is 0 Å². The van der Waals surface area contributed by atoms with E-state index in [4.69, 9.17) is 4.74 Å². The highest BCUT2D eigenvalue weighted by atomic mass is 127. The predicted octanol–water partition coefficient (Wildman–Crippen LogP) is -2.92. The highest BCUT2D eigenvalue weighted by molar-refractivity contribution is 5.68. The first-order valence-corrected chi connectivity index (χ1v) is 2.48. The van der Waals surface area contributed by atoms with Crippen LogP contribution < -0.4 is 24.0 Å². The molecule has 0 bridgehead atoms. The summed E-state index contributed by atoms with van der Waals surface area (Å²) in [5.74, 6) is 1.04. The van der Waals surface area contributed by atoms with Crippen molar-refractivity contribution >= 4 is 5.90 Å². The van der Waals surface area contributed by atoms with E-state index in [1.54, 1.807) is 0 Å². The lowest BCUT2D eigenvalue weighted by Gasteiger charge is -1.82. The minimum absolute atomic E-state index is 0. The zero-order chi connectivity index (χ0) is 5.28. The van der Waals surface area contributed by atoms with Crippen molar-refractivity contribution in [3.8, 4) is 0 Å². The maximum absolute atomic E-state index is 5.11. The van der Waals surface area contributed by atoms with E-state index >= 15 is 0 Å². The Morgan fingerprint density at radius 3 is 2.38 bits per heavy atom. The van der Waals surface area contributed by atoms with Gasteiger partial charge < -0.3 is 28.7 Å². The van der Waals surface area contributed by atoms with Crippen LogP contribution in [0, 0.1) is 0 Å². The van der Waals surface area contributed by atoms with Crippen LogP contribution >= 0.6 is 0 Å². The summed E-state index contributed by atoms with van der Waals surface area (Å²) in [6.07, 6.45) is 0. The minimum atomic E-state index is 0. The van der Waals surface area contributed by atoms with E-state index in [1.165, 1.54) is 0 Å². The summed E-state index contributed by atoms with van der Waals surface area (Å²) in [5, 5.41) is 0. The van der Waals surface area contributed by atoms with Crippen molar-refractivity contribution in [3.05, 3.63) is 0 Å². The summed E-state index contributed by atoms with van der Waals surface area (Å²) in [5.41, 5.74) is 0. The van der Waals surface area contributed by atoms with Gasteiger partial charge in [0.2, 0.25) is 0 Å². The minimum Gasteiger partial charge on any atom is -1.00 e. The lowest BCUT2D eigenvalue weighted by atomic mass is 10.7. The molecule has 0 N–H and O–H groups in total. The molecule has 48 valence electrons. The molecule has 0 aliphatic carbocycles. The maximum atomic E-state index is 5.11. The molecule has 0 unspecified atom stereocenters. The fraction of sp³-hybridized carbons (Fsp3) is 0.800. The Bertz CT molecular complexity index is 99.0. The van der Waals surface area contributed by atoms with E-state index in [2.05, 4.69) is 4.58 Å². The number of hydrogen-bond donors (Lipinski definition) is 0. The third kappa shape index (κ3) is 1.61. The Balaban J connectivity index is 0.000000490. The van der Waals surface area contributed by atoms with Gasteiger partial charge in [-0.3, -0.25) is 0 Å². The summed E-state index contributed by atoms with van der Waals surface area (Å²) in [4.78, 5) is 0. The van der Waals surface area contributed by atoms with Crippen LogP contribution in [-0.2, 0) is 4.74 Å². The van der Waals surface area contributed by atoms with Crippen molar-refractivity contribution in [2.24, 2.45) is 0 Å². The first-order valence-electron chi connectivity index (χ1n) is 2.48. The average Bonchev–Trinajstić information content (AvgIpc) is 1.91. The van der Waals surface area contributed by atoms with Crippen LogP contribution in [0.4, 0.5) is 0 Å². The third-order valence-corrected chi connectivity index (χ3v) is 1.28. The van der Waals surface area contributed by atoms with Gasteiger partial charge in [0, 0.05) is 0 Å². The van der Waals surface area contributed by atoms with Gasteiger partial charge in [-0.2, -0.15) is 0 Å². The van der Waals surface area contributed by atoms with Gasteiger partial charge in [0.25, 0.3) is 0 Å². The Morgan fingerprint density at radius 2 is 2.25 bits per heavy atom. The highest BCUT2D eigenvalue weighted by Crippen LogP contribution is 1.88. The van der Waals surface area contributed by atoms with E-state index in [0.717, 1.165) is 19.0 Å². The Morgan fingerprint density at radius 1 is 1.62 bits per heavy atom. The standard InChI is InChI=1S/C5H10NO.HI/c1-5-6(2)3-4-7-5;/h3-4H2,1-2H3;1H/q+1;/p-1. The van der Waals surface area contributed by atoms with Crippen LogP contribution in [0.2, 0.25) is 0 Å². The maximum Gasteiger partial charge on any atom is 0.333 e. The van der Waals surface area contributed by atoms with Gasteiger partial charge in [-0.15, -0.1) is 0 Å². The fourth-order valence-corrected chi connectivity index (χ4v) is 0.598. The van der Waals surface area contributed by atoms with Gasteiger partial charge in [0.05, 0.1) is 6.92 Å². The molecule has 0 fully saturated rings. The van der Waals surface area contributed by atoms with Gasteiger partial charge in [-0.25, -0.2) is 4.58 Å². The summed E-state index contributed by atoms with van der Waals surface area (Å²) in [6.45, 7) is 3.89. The smallest absolute Gasteiger partial charge is 0.333 e. The topological polar surface area (TPSA) is 12.2 Å². The Labute approximate surface area is 66.6 Å². The van der Waals surface area contributed by atoms with Crippen LogP contribution in [0.5, 0.6) is 0 Å². The molecule has 1 aliphatic heterocycles. The lowest BCUT2D eigenvalue weighted by Crippen LogP contribution is -3.00. The number of hydrogen-bond acceptors (Lipinski definition) is 1. The zero-order valence-corrected chi connectivity index (χ0v) is 7.31. The molecule has 0 atom stereocenters. The monoisotopic (exact) mass is 227 g/mol. The van der Waals surface area contributed by atoms with Crippen LogP contribution in [0.25, 0.3) is 0 Å². The van der Waals surface area contributed by atoms with Gasteiger partial charge in [0.1, 0.15) is 7.05 Å². The van der Waals surface area contributed by atoms with Crippen LogP contribution in [0.15, 0.2) is 0 Å². The lowest BCUT2D eigenvalue weighted by molar-refractivity contribution is -0.487. The summed E-state index contributed by atoms with van der Waals surface area (Å²) in [6, 6.07) is 0. The van der Waals surface area contributed by atoms with Crippen molar-refractivity contribution < 1.29 is 33.3 Å². The first kappa shape index (κ1) is 8.20. The quantitative estimate of drug-likeness (QED) is 0.319. The third-order valence-electron chi connectivity index (χ3n) is 1.28. The molecule has 1 rings (SSSR count). The number of ether oxygens (including phenoxy) is 1. The summed E-state index contributed by atoms with van der Waals surface area (Å²) >= 11 is 0. The van der Waals surface area contributed by atoms with Gasteiger partial charge in [-0.05, 0) is 0 Å². The molecule has 1 heterocycles. The highest BCUT2D eigenvalue weighted by Gasteiger charge is 2.12. The normalized spacial score (nSPS) is 17.8. The number of nitrogens with zero attached hydrogens (tertiary/aromatic N) is 1. The number of rotatable bonds is 0. The van der Waals surface area contributed by atoms with Crippen molar-refractivity contribution in [2.75, 3.05) is 20.2 Å². The summed E-state index contributed by atoms with van der Waals surface area (Å²) < 4.78 is 7.20. The second kappa shape index (κ2) is 3.27. The summed E-state index contributed by atoms with van der Waals surface area (Å²) in [7, 11) is 2.03. The van der Waals surface area contributed by atoms with E-state index in [1.807, 2.05) is 14.0 Å². The van der Waals surface area contributed by atoms with Crippen molar-refractivity contribution in [1.82, 2.24) is 0 Å². The molecule has 0 saturated carbocycles. The molecule has 0 spiro atoms. The van der Waals surface area contributed by atoms with E-state index in [-0.39, 0.29) is 24.0 Å². The molecular weight excluding hydrogens is 217 g/mol. The second-order valence-electron chi connectivity index (χ2n) is 1.79. The first-order chi connectivity index (χ1) is 3.30. The zero-order valence-electron chi connectivity index (χ0n) is 5.15. The van der Waals surface area contributed by atoms with Gasteiger partial charge >= 0.3 is 5.90 Å². The van der Waals surface area contributed by atoms with Crippen LogP contribution in [-0.4, -0.2) is 30.7 Å². The molecule has 0 saturated heterocycles. The largest absolute Gasteiger partial charge is 1.00 e. The SMILES string of the molecule is CC1=[N+](C)CCO1.[I-]. The van der Waals surface area contributed by atoms with Crippen LogP contribution in [0.3, 0.4) is 0 Å². The number of halogens is 1.